The van der Waals surface area contributed by atoms with E-state index in [1.165, 1.54) is 35.6 Å². The van der Waals surface area contributed by atoms with Crippen molar-refractivity contribution in [1.29, 1.82) is 0 Å². The van der Waals surface area contributed by atoms with Gasteiger partial charge in [0.15, 0.2) is 0 Å². The Kier molecular flexibility index (Phi) is 6.83. The molecular weight excluding hydrogens is 438 g/mol. The summed E-state index contributed by atoms with van der Waals surface area (Å²) in [5.41, 5.74) is -0.0984. The van der Waals surface area contributed by atoms with Crippen molar-refractivity contribution in [2.45, 2.75) is 43.0 Å². The van der Waals surface area contributed by atoms with Gasteiger partial charge < -0.3 is 5.32 Å². The number of amides is 1. The summed E-state index contributed by atoms with van der Waals surface area (Å²) in [7, 11) is -2.32. The molecule has 1 aliphatic carbocycles. The van der Waals surface area contributed by atoms with Gasteiger partial charge in [-0.05, 0) is 49.2 Å². The van der Waals surface area contributed by atoms with Gasteiger partial charge in [0.1, 0.15) is 5.82 Å². The van der Waals surface area contributed by atoms with Crippen molar-refractivity contribution in [2.75, 3.05) is 12.4 Å². The first-order valence-corrected chi connectivity index (χ1v) is 11.4. The van der Waals surface area contributed by atoms with Crippen molar-refractivity contribution < 1.29 is 17.6 Å². The van der Waals surface area contributed by atoms with Crippen LogP contribution >= 0.6 is 23.2 Å². The third-order valence-corrected chi connectivity index (χ3v) is 7.41. The average molecular weight is 459 g/mol. The van der Waals surface area contributed by atoms with E-state index in [4.69, 9.17) is 23.2 Å². The molecule has 156 valence electrons. The predicted octanol–water partition coefficient (Wildman–Crippen LogP) is 5.34. The minimum Gasteiger partial charge on any atom is -0.322 e. The Morgan fingerprint density at radius 1 is 1.07 bits per heavy atom. The Morgan fingerprint density at radius 2 is 1.69 bits per heavy atom. The molecule has 2 aromatic rings. The van der Waals surface area contributed by atoms with Crippen molar-refractivity contribution in [3.05, 3.63) is 57.8 Å². The van der Waals surface area contributed by atoms with Crippen LogP contribution in [0.4, 0.5) is 10.1 Å². The van der Waals surface area contributed by atoms with E-state index < -0.39 is 21.7 Å². The van der Waals surface area contributed by atoms with Crippen molar-refractivity contribution in [2.24, 2.45) is 0 Å². The van der Waals surface area contributed by atoms with Crippen LogP contribution in [0.15, 0.2) is 41.3 Å². The fraction of sp³-hybridized carbons (Fsp3) is 0.350. The molecule has 0 saturated heterocycles. The van der Waals surface area contributed by atoms with E-state index in [9.17, 15) is 17.6 Å². The predicted molar refractivity (Wildman–Crippen MR) is 113 cm³/mol. The first-order valence-electron chi connectivity index (χ1n) is 9.23. The number of sulfonamides is 1. The molecule has 0 radical (unpaired) electrons. The zero-order valence-corrected chi connectivity index (χ0v) is 18.1. The zero-order valence-electron chi connectivity index (χ0n) is 15.8. The van der Waals surface area contributed by atoms with E-state index >= 15 is 0 Å². The summed E-state index contributed by atoms with van der Waals surface area (Å²) in [5.74, 6) is -1.62. The number of anilines is 1. The van der Waals surface area contributed by atoms with Gasteiger partial charge in [0.05, 0.1) is 10.5 Å². The number of hydrogen-bond donors (Lipinski definition) is 1. The van der Waals surface area contributed by atoms with E-state index in [1.54, 1.807) is 0 Å². The summed E-state index contributed by atoms with van der Waals surface area (Å²) in [6.07, 6.45) is 4.63. The second-order valence-corrected chi connectivity index (χ2v) is 9.94. The minimum absolute atomic E-state index is 0.0929. The second kappa shape index (κ2) is 9.00. The van der Waals surface area contributed by atoms with E-state index in [0.29, 0.717) is 10.0 Å². The first-order chi connectivity index (χ1) is 13.7. The lowest BCUT2D eigenvalue weighted by molar-refractivity contribution is 0.102. The highest BCUT2D eigenvalue weighted by Crippen LogP contribution is 2.28. The van der Waals surface area contributed by atoms with Crippen LogP contribution in [0.2, 0.25) is 10.0 Å². The number of halogens is 3. The van der Waals surface area contributed by atoms with Gasteiger partial charge in [-0.25, -0.2) is 12.8 Å². The maximum Gasteiger partial charge on any atom is 0.258 e. The number of nitrogens with zero attached hydrogens (tertiary/aromatic N) is 1. The van der Waals surface area contributed by atoms with E-state index in [-0.39, 0.29) is 22.2 Å². The fourth-order valence-electron chi connectivity index (χ4n) is 3.47. The van der Waals surface area contributed by atoms with Gasteiger partial charge in [0.2, 0.25) is 10.0 Å². The third kappa shape index (κ3) is 5.09. The summed E-state index contributed by atoms with van der Waals surface area (Å²) in [6.45, 7) is 0. The van der Waals surface area contributed by atoms with Crippen LogP contribution in [0.5, 0.6) is 0 Å². The van der Waals surface area contributed by atoms with Crippen LogP contribution in [0.3, 0.4) is 0 Å². The van der Waals surface area contributed by atoms with E-state index in [0.717, 1.165) is 44.2 Å². The molecule has 1 aliphatic rings. The third-order valence-electron chi connectivity index (χ3n) is 5.07. The van der Waals surface area contributed by atoms with Gasteiger partial charge >= 0.3 is 0 Å². The van der Waals surface area contributed by atoms with Gasteiger partial charge in [-0.3, -0.25) is 4.79 Å². The molecule has 2 aromatic carbocycles. The monoisotopic (exact) mass is 458 g/mol. The normalized spacial score (nSPS) is 15.5. The van der Waals surface area contributed by atoms with Crippen molar-refractivity contribution in [1.82, 2.24) is 4.31 Å². The lowest BCUT2D eigenvalue weighted by Gasteiger charge is -2.30. The molecule has 0 spiro atoms. The minimum atomic E-state index is -3.85. The fourth-order valence-corrected chi connectivity index (χ4v) is 5.44. The molecular formula is C20H21Cl2FN2O3S. The van der Waals surface area contributed by atoms with Crippen molar-refractivity contribution in [3.63, 3.8) is 0 Å². The van der Waals surface area contributed by atoms with Gasteiger partial charge in [-0.15, -0.1) is 0 Å². The smallest absolute Gasteiger partial charge is 0.258 e. The van der Waals surface area contributed by atoms with Gasteiger partial charge in [0.25, 0.3) is 5.91 Å². The Morgan fingerprint density at radius 3 is 2.31 bits per heavy atom. The molecule has 0 aliphatic heterocycles. The zero-order chi connectivity index (χ0) is 21.2. The molecule has 1 amide bonds. The first kappa shape index (κ1) is 22.0. The lowest BCUT2D eigenvalue weighted by Crippen LogP contribution is -2.38. The maximum atomic E-state index is 14.3. The quantitative estimate of drug-likeness (QED) is 0.657. The van der Waals surface area contributed by atoms with Crippen LogP contribution in [0.1, 0.15) is 42.5 Å². The molecule has 5 nitrogen and oxygen atoms in total. The molecule has 1 saturated carbocycles. The number of benzene rings is 2. The molecule has 0 heterocycles. The highest BCUT2D eigenvalue weighted by Gasteiger charge is 2.30. The van der Waals surface area contributed by atoms with Gasteiger partial charge in [-0.1, -0.05) is 42.5 Å². The Bertz CT molecular complexity index is 1000. The Hall–Kier alpha value is -1.67. The molecule has 0 unspecified atom stereocenters. The molecule has 0 aromatic heterocycles. The highest BCUT2D eigenvalue weighted by atomic mass is 35.5. The number of rotatable bonds is 5. The van der Waals surface area contributed by atoms with Crippen molar-refractivity contribution in [3.8, 4) is 0 Å². The van der Waals surface area contributed by atoms with Crippen LogP contribution in [-0.2, 0) is 10.0 Å². The van der Waals surface area contributed by atoms with E-state index in [2.05, 4.69) is 5.32 Å². The maximum absolute atomic E-state index is 14.3. The number of hydrogen-bond acceptors (Lipinski definition) is 3. The Balaban J connectivity index is 1.87. The molecule has 9 heteroatoms. The van der Waals surface area contributed by atoms with Crippen molar-refractivity contribution >= 4 is 44.8 Å². The van der Waals surface area contributed by atoms with Gasteiger partial charge in [-0.2, -0.15) is 4.31 Å². The van der Waals surface area contributed by atoms with Gasteiger partial charge in [0, 0.05) is 28.8 Å². The molecule has 3 rings (SSSR count). The lowest BCUT2D eigenvalue weighted by atomic mass is 9.96. The summed E-state index contributed by atoms with van der Waals surface area (Å²) >= 11 is 11.8. The Labute approximate surface area is 179 Å². The molecule has 1 fully saturated rings. The molecule has 0 bridgehead atoms. The van der Waals surface area contributed by atoms with Crippen LogP contribution < -0.4 is 5.32 Å². The standard InChI is InChI=1S/C20H21Cl2FN2O3S/c1-25(16-5-3-2-4-6-16)29(27,28)17-7-8-19(23)18(12-17)20(26)24-15-10-13(21)9-14(22)11-15/h7-12,16H,2-6H2,1H3,(H,24,26). The topological polar surface area (TPSA) is 66.5 Å². The number of carbonyl (C=O) groups is 1. The van der Waals surface area contributed by atoms with E-state index in [1.807, 2.05) is 0 Å². The average Bonchev–Trinajstić information content (AvgIpc) is 2.67. The summed E-state index contributed by atoms with van der Waals surface area (Å²) in [5, 5.41) is 3.10. The summed E-state index contributed by atoms with van der Waals surface area (Å²) < 4.78 is 41.6. The number of nitrogens with one attached hydrogen (secondary N) is 1. The highest BCUT2D eigenvalue weighted by molar-refractivity contribution is 7.89. The summed E-state index contributed by atoms with van der Waals surface area (Å²) in [4.78, 5) is 12.4. The van der Waals surface area contributed by atoms with Crippen LogP contribution in [0.25, 0.3) is 0 Å². The van der Waals surface area contributed by atoms with Crippen LogP contribution in [-0.4, -0.2) is 31.7 Å². The number of carbonyl (C=O) groups excluding carboxylic acids is 1. The molecule has 0 atom stereocenters. The summed E-state index contributed by atoms with van der Waals surface area (Å²) in [6, 6.07) is 7.54. The largest absolute Gasteiger partial charge is 0.322 e. The second-order valence-electron chi connectivity index (χ2n) is 7.07. The molecule has 1 N–H and O–H groups in total. The van der Waals surface area contributed by atoms with Crippen LogP contribution in [0, 0.1) is 5.82 Å². The molecule has 29 heavy (non-hydrogen) atoms. The SMILES string of the molecule is CN(C1CCCCC1)S(=O)(=O)c1ccc(F)c(C(=O)Nc2cc(Cl)cc(Cl)c2)c1.